The molecule has 1 fully saturated rings. The van der Waals surface area contributed by atoms with Crippen LogP contribution in [0.3, 0.4) is 0 Å². The predicted octanol–water partition coefficient (Wildman–Crippen LogP) is 3.31. The van der Waals surface area contributed by atoms with Crippen LogP contribution in [-0.2, 0) is 4.79 Å². The SMILES string of the molecule is CC1CCC(C(=O)Nc2c(N)cc(F)cc2F)CC1. The molecule has 19 heavy (non-hydrogen) atoms. The van der Waals surface area contributed by atoms with Gasteiger partial charge in [-0.15, -0.1) is 0 Å². The summed E-state index contributed by atoms with van der Waals surface area (Å²) in [5, 5.41) is 2.48. The average Bonchev–Trinajstić information content (AvgIpc) is 2.34. The first-order valence-electron chi connectivity index (χ1n) is 6.52. The molecule has 1 aromatic rings. The highest BCUT2D eigenvalue weighted by Gasteiger charge is 2.25. The lowest BCUT2D eigenvalue weighted by Crippen LogP contribution is -2.27. The number of carbonyl (C=O) groups is 1. The van der Waals surface area contributed by atoms with Gasteiger partial charge in [0.15, 0.2) is 5.82 Å². The largest absolute Gasteiger partial charge is 0.397 e. The smallest absolute Gasteiger partial charge is 0.227 e. The molecule has 1 amide bonds. The van der Waals surface area contributed by atoms with Crippen LogP contribution in [0.15, 0.2) is 12.1 Å². The van der Waals surface area contributed by atoms with Crippen LogP contribution in [0.5, 0.6) is 0 Å². The standard InChI is InChI=1S/C14H18F2N2O/c1-8-2-4-9(5-3-8)14(19)18-13-11(16)6-10(15)7-12(13)17/h6-9H,2-5,17H2,1H3,(H,18,19). The van der Waals surface area contributed by atoms with Crippen LogP contribution in [0.2, 0.25) is 0 Å². The lowest BCUT2D eigenvalue weighted by Gasteiger charge is -2.25. The Labute approximate surface area is 111 Å². The van der Waals surface area contributed by atoms with E-state index in [0.717, 1.165) is 37.8 Å². The van der Waals surface area contributed by atoms with Crippen LogP contribution in [0.1, 0.15) is 32.6 Å². The van der Waals surface area contributed by atoms with Gasteiger partial charge in [-0.05, 0) is 37.7 Å². The van der Waals surface area contributed by atoms with Crippen molar-refractivity contribution in [2.75, 3.05) is 11.1 Å². The Morgan fingerprint density at radius 3 is 2.47 bits per heavy atom. The van der Waals surface area contributed by atoms with Gasteiger partial charge in [0.1, 0.15) is 11.5 Å². The second-order valence-electron chi connectivity index (χ2n) is 5.30. The van der Waals surface area contributed by atoms with Gasteiger partial charge < -0.3 is 11.1 Å². The van der Waals surface area contributed by atoms with E-state index >= 15 is 0 Å². The van der Waals surface area contributed by atoms with E-state index in [1.54, 1.807) is 0 Å². The molecule has 1 aromatic carbocycles. The number of nitrogens with one attached hydrogen (secondary N) is 1. The van der Waals surface area contributed by atoms with Crippen molar-refractivity contribution < 1.29 is 13.6 Å². The van der Waals surface area contributed by atoms with Gasteiger partial charge in [0, 0.05) is 12.0 Å². The summed E-state index contributed by atoms with van der Waals surface area (Å²) in [6, 6.07) is 1.72. The molecule has 0 spiro atoms. The van der Waals surface area contributed by atoms with Gasteiger partial charge in [-0.3, -0.25) is 4.79 Å². The molecule has 2 rings (SSSR count). The van der Waals surface area contributed by atoms with Crippen molar-refractivity contribution in [2.45, 2.75) is 32.6 Å². The molecule has 0 atom stereocenters. The highest BCUT2D eigenvalue weighted by atomic mass is 19.1. The number of anilines is 2. The molecule has 1 aliphatic rings. The zero-order chi connectivity index (χ0) is 14.0. The summed E-state index contributed by atoms with van der Waals surface area (Å²) in [4.78, 5) is 12.0. The van der Waals surface area contributed by atoms with Gasteiger partial charge in [-0.2, -0.15) is 0 Å². The van der Waals surface area contributed by atoms with Gasteiger partial charge in [-0.1, -0.05) is 6.92 Å². The topological polar surface area (TPSA) is 55.1 Å². The van der Waals surface area contributed by atoms with E-state index in [0.29, 0.717) is 5.92 Å². The highest BCUT2D eigenvalue weighted by Crippen LogP contribution is 2.30. The molecule has 0 radical (unpaired) electrons. The third-order valence-corrected chi connectivity index (χ3v) is 3.72. The van der Waals surface area contributed by atoms with E-state index < -0.39 is 11.6 Å². The summed E-state index contributed by atoms with van der Waals surface area (Å²) in [6.07, 6.45) is 3.60. The molecule has 5 heteroatoms. The van der Waals surface area contributed by atoms with Crippen LogP contribution < -0.4 is 11.1 Å². The number of hydrogen-bond acceptors (Lipinski definition) is 2. The van der Waals surface area contributed by atoms with Crippen LogP contribution in [-0.4, -0.2) is 5.91 Å². The number of hydrogen-bond donors (Lipinski definition) is 2. The minimum Gasteiger partial charge on any atom is -0.397 e. The minimum atomic E-state index is -0.838. The molecule has 3 nitrogen and oxygen atoms in total. The summed E-state index contributed by atoms with van der Waals surface area (Å²) >= 11 is 0. The Balaban J connectivity index is 2.07. The molecule has 0 unspecified atom stereocenters. The summed E-state index contributed by atoms with van der Waals surface area (Å²) in [5.41, 5.74) is 5.32. The Morgan fingerprint density at radius 1 is 1.26 bits per heavy atom. The second kappa shape index (κ2) is 5.55. The average molecular weight is 268 g/mol. The molecule has 0 saturated heterocycles. The van der Waals surface area contributed by atoms with Crippen LogP contribution >= 0.6 is 0 Å². The first-order chi connectivity index (χ1) is 8.97. The normalized spacial score (nSPS) is 23.1. The second-order valence-corrected chi connectivity index (χ2v) is 5.30. The van der Waals surface area contributed by atoms with Crippen LogP contribution in [0, 0.1) is 23.5 Å². The number of halogens is 2. The van der Waals surface area contributed by atoms with Gasteiger partial charge in [0.25, 0.3) is 0 Å². The van der Waals surface area contributed by atoms with Crippen molar-refractivity contribution in [3.63, 3.8) is 0 Å². The zero-order valence-corrected chi connectivity index (χ0v) is 10.9. The summed E-state index contributed by atoms with van der Waals surface area (Å²) in [5.74, 6) is -1.30. The number of amides is 1. The van der Waals surface area contributed by atoms with Gasteiger partial charge >= 0.3 is 0 Å². The summed E-state index contributed by atoms with van der Waals surface area (Å²) < 4.78 is 26.5. The van der Waals surface area contributed by atoms with Crippen LogP contribution in [0.4, 0.5) is 20.2 Å². The van der Waals surface area contributed by atoms with E-state index in [-0.39, 0.29) is 23.2 Å². The summed E-state index contributed by atoms with van der Waals surface area (Å²) in [7, 11) is 0. The molecule has 0 bridgehead atoms. The molecule has 0 aromatic heterocycles. The molecule has 1 aliphatic carbocycles. The van der Waals surface area contributed by atoms with Crippen LogP contribution in [0.25, 0.3) is 0 Å². The van der Waals surface area contributed by atoms with E-state index in [4.69, 9.17) is 5.73 Å². The monoisotopic (exact) mass is 268 g/mol. The molecule has 104 valence electrons. The minimum absolute atomic E-state index is 0.0879. The zero-order valence-electron chi connectivity index (χ0n) is 10.9. The number of carbonyl (C=O) groups excluding carboxylic acids is 1. The van der Waals surface area contributed by atoms with Crippen molar-refractivity contribution in [3.8, 4) is 0 Å². The number of benzene rings is 1. The third-order valence-electron chi connectivity index (χ3n) is 3.72. The fraction of sp³-hybridized carbons (Fsp3) is 0.500. The van der Waals surface area contributed by atoms with Crippen molar-refractivity contribution >= 4 is 17.3 Å². The highest BCUT2D eigenvalue weighted by molar-refractivity contribution is 5.95. The molecule has 3 N–H and O–H groups in total. The number of rotatable bonds is 2. The first kappa shape index (κ1) is 13.8. The van der Waals surface area contributed by atoms with E-state index in [9.17, 15) is 13.6 Å². The molecule has 0 heterocycles. The predicted molar refractivity (Wildman–Crippen MR) is 70.5 cm³/mol. The van der Waals surface area contributed by atoms with E-state index in [1.807, 2.05) is 0 Å². The van der Waals surface area contributed by atoms with Crippen molar-refractivity contribution in [1.82, 2.24) is 0 Å². The van der Waals surface area contributed by atoms with Gasteiger partial charge in [0.2, 0.25) is 5.91 Å². The summed E-state index contributed by atoms with van der Waals surface area (Å²) in [6.45, 7) is 2.16. The van der Waals surface area contributed by atoms with E-state index in [1.165, 1.54) is 0 Å². The Morgan fingerprint density at radius 2 is 1.89 bits per heavy atom. The quantitative estimate of drug-likeness (QED) is 0.808. The Bertz CT molecular complexity index is 459. The van der Waals surface area contributed by atoms with Gasteiger partial charge in [0.05, 0.1) is 5.69 Å². The van der Waals surface area contributed by atoms with Crippen molar-refractivity contribution in [3.05, 3.63) is 23.8 Å². The molecule has 0 aliphatic heterocycles. The maximum Gasteiger partial charge on any atom is 0.227 e. The first-order valence-corrected chi connectivity index (χ1v) is 6.52. The molecular formula is C14H18F2N2O. The lowest BCUT2D eigenvalue weighted by molar-refractivity contribution is -0.121. The fourth-order valence-corrected chi connectivity index (χ4v) is 2.47. The Kier molecular flexibility index (Phi) is 4.02. The maximum atomic E-state index is 13.6. The van der Waals surface area contributed by atoms with E-state index in [2.05, 4.69) is 12.2 Å². The molecule has 1 saturated carbocycles. The van der Waals surface area contributed by atoms with Gasteiger partial charge in [-0.25, -0.2) is 8.78 Å². The fourth-order valence-electron chi connectivity index (χ4n) is 2.47. The Hall–Kier alpha value is -1.65. The number of nitrogens with two attached hydrogens (primary N) is 1. The van der Waals surface area contributed by atoms with Crippen molar-refractivity contribution in [2.24, 2.45) is 11.8 Å². The third kappa shape index (κ3) is 3.22. The maximum absolute atomic E-state index is 13.6. The van der Waals surface area contributed by atoms with Crippen molar-refractivity contribution in [1.29, 1.82) is 0 Å². The molecular weight excluding hydrogens is 250 g/mol. The number of nitrogen functional groups attached to an aromatic ring is 1. The lowest BCUT2D eigenvalue weighted by atomic mass is 9.82.